The summed E-state index contributed by atoms with van der Waals surface area (Å²) in [7, 11) is 0. The monoisotopic (exact) mass is 470 g/mol. The van der Waals surface area contributed by atoms with Crippen molar-refractivity contribution >= 4 is 17.6 Å². The number of benzene rings is 1. The van der Waals surface area contributed by atoms with E-state index in [1.54, 1.807) is 24.3 Å². The zero-order chi connectivity index (χ0) is 23.3. The highest BCUT2D eigenvalue weighted by molar-refractivity contribution is 6.30. The van der Waals surface area contributed by atoms with Crippen molar-refractivity contribution in [3.63, 3.8) is 0 Å². The van der Waals surface area contributed by atoms with E-state index in [1.165, 1.54) is 0 Å². The van der Waals surface area contributed by atoms with Crippen molar-refractivity contribution in [1.29, 1.82) is 0 Å². The van der Waals surface area contributed by atoms with Gasteiger partial charge in [0, 0.05) is 11.4 Å². The van der Waals surface area contributed by atoms with Gasteiger partial charge in [-0.05, 0) is 75.0 Å². The molecule has 32 heavy (non-hydrogen) atoms. The van der Waals surface area contributed by atoms with Crippen LogP contribution in [0.15, 0.2) is 36.4 Å². The fraction of sp³-hybridized carbons (Fsp3) is 0.640. The van der Waals surface area contributed by atoms with Crippen molar-refractivity contribution in [2.24, 2.45) is 11.8 Å². The first-order valence-corrected chi connectivity index (χ1v) is 12.0. The van der Waals surface area contributed by atoms with Crippen LogP contribution in [0.5, 0.6) is 5.75 Å². The summed E-state index contributed by atoms with van der Waals surface area (Å²) in [4.78, 5) is 11.5. The molecule has 1 aromatic carbocycles. The lowest BCUT2D eigenvalue weighted by Crippen LogP contribution is -2.24. The molecule has 2 rings (SSSR count). The highest BCUT2D eigenvalue weighted by Gasteiger charge is 2.40. The van der Waals surface area contributed by atoms with Crippen molar-refractivity contribution in [2.75, 3.05) is 13.2 Å². The van der Waals surface area contributed by atoms with Crippen LogP contribution in [-0.4, -0.2) is 47.8 Å². The van der Waals surface area contributed by atoms with E-state index < -0.39 is 18.4 Å². The number of halogens is 2. The summed E-state index contributed by atoms with van der Waals surface area (Å²) in [5.74, 6) is 0.104. The van der Waals surface area contributed by atoms with Gasteiger partial charge in [-0.25, -0.2) is 4.39 Å². The largest absolute Gasteiger partial charge is 0.491 e. The average Bonchev–Trinajstić information content (AvgIpc) is 3.03. The van der Waals surface area contributed by atoms with E-state index in [1.807, 2.05) is 19.1 Å². The summed E-state index contributed by atoms with van der Waals surface area (Å²) in [6, 6.07) is 6.84. The molecule has 5 nitrogen and oxygen atoms in total. The lowest BCUT2D eigenvalue weighted by atomic mass is 9.86. The number of esters is 1. The summed E-state index contributed by atoms with van der Waals surface area (Å²) < 4.78 is 24.9. The smallest absolute Gasteiger partial charge is 0.305 e. The molecule has 0 spiro atoms. The Morgan fingerprint density at radius 1 is 1.28 bits per heavy atom. The third kappa shape index (κ3) is 9.47. The summed E-state index contributed by atoms with van der Waals surface area (Å²) in [5.41, 5.74) is 0. The number of aliphatic hydroxyl groups excluding tert-OH is 2. The Bertz CT molecular complexity index is 713. The number of rotatable bonds is 14. The molecule has 1 aliphatic carbocycles. The van der Waals surface area contributed by atoms with Gasteiger partial charge in [0.1, 0.15) is 18.5 Å². The minimum Gasteiger partial charge on any atom is -0.491 e. The second-order valence-electron chi connectivity index (χ2n) is 8.46. The third-order valence-electron chi connectivity index (χ3n) is 5.86. The van der Waals surface area contributed by atoms with Gasteiger partial charge in [-0.1, -0.05) is 36.7 Å². The maximum Gasteiger partial charge on any atom is 0.305 e. The molecule has 5 atom stereocenters. The second-order valence-corrected chi connectivity index (χ2v) is 8.90. The zero-order valence-electron chi connectivity index (χ0n) is 18.8. The van der Waals surface area contributed by atoms with E-state index in [2.05, 4.69) is 0 Å². The van der Waals surface area contributed by atoms with Crippen molar-refractivity contribution < 1.29 is 28.9 Å². The Morgan fingerprint density at radius 3 is 2.81 bits per heavy atom. The lowest BCUT2D eigenvalue weighted by Gasteiger charge is -2.23. The minimum atomic E-state index is -1.16. The molecule has 1 aromatic rings. The molecule has 1 saturated carbocycles. The first-order chi connectivity index (χ1) is 15.4. The average molecular weight is 471 g/mol. The van der Waals surface area contributed by atoms with Gasteiger partial charge < -0.3 is 19.7 Å². The van der Waals surface area contributed by atoms with E-state index >= 15 is 0 Å². The first kappa shape index (κ1) is 26.6. The van der Waals surface area contributed by atoms with Crippen LogP contribution in [0.2, 0.25) is 5.02 Å². The Hall–Kier alpha value is -1.63. The third-order valence-corrected chi connectivity index (χ3v) is 6.09. The number of hydrogen-bond donors (Lipinski definition) is 2. The van der Waals surface area contributed by atoms with Crippen LogP contribution in [0.25, 0.3) is 0 Å². The van der Waals surface area contributed by atoms with Gasteiger partial charge in [0.25, 0.3) is 0 Å². The number of carbonyl (C=O) groups excluding carboxylic acids is 1. The quantitative estimate of drug-likeness (QED) is 0.220. The Labute approximate surface area is 195 Å². The van der Waals surface area contributed by atoms with Crippen molar-refractivity contribution in [3.05, 3.63) is 41.4 Å². The Balaban J connectivity index is 1.71. The maximum absolute atomic E-state index is 14.4. The molecule has 0 heterocycles. The maximum atomic E-state index is 14.4. The Morgan fingerprint density at radius 2 is 2.06 bits per heavy atom. The van der Waals surface area contributed by atoms with Gasteiger partial charge in [0.2, 0.25) is 0 Å². The van der Waals surface area contributed by atoms with Gasteiger partial charge in [-0.3, -0.25) is 4.79 Å². The van der Waals surface area contributed by atoms with E-state index in [-0.39, 0.29) is 30.8 Å². The van der Waals surface area contributed by atoms with Gasteiger partial charge >= 0.3 is 5.97 Å². The van der Waals surface area contributed by atoms with Crippen LogP contribution >= 0.6 is 11.6 Å². The molecule has 180 valence electrons. The number of alkyl halides is 1. The van der Waals surface area contributed by atoms with Crippen molar-refractivity contribution in [2.45, 2.75) is 76.7 Å². The fourth-order valence-corrected chi connectivity index (χ4v) is 4.31. The van der Waals surface area contributed by atoms with E-state index in [9.17, 15) is 19.4 Å². The van der Waals surface area contributed by atoms with E-state index in [0.717, 1.165) is 12.8 Å². The second kappa shape index (κ2) is 14.5. The van der Waals surface area contributed by atoms with Crippen LogP contribution in [0.3, 0.4) is 0 Å². The van der Waals surface area contributed by atoms with Crippen LogP contribution in [0.1, 0.15) is 58.3 Å². The van der Waals surface area contributed by atoms with Gasteiger partial charge in [0.15, 0.2) is 0 Å². The van der Waals surface area contributed by atoms with Gasteiger partial charge in [0.05, 0.1) is 18.8 Å². The molecule has 1 fully saturated rings. The summed E-state index contributed by atoms with van der Waals surface area (Å²) in [6.07, 6.45) is 5.98. The SMILES string of the molecule is CCCOC(=O)CCCC=CC[C@@H]1[C@@H](CC[C@@H](F)COc2cccc(Cl)c2)[C@H](O)C[C@@H]1O. The highest BCUT2D eigenvalue weighted by atomic mass is 35.5. The van der Waals surface area contributed by atoms with Crippen LogP contribution in [0.4, 0.5) is 4.39 Å². The number of hydrogen-bond acceptors (Lipinski definition) is 5. The molecule has 0 radical (unpaired) electrons. The molecule has 1 aliphatic rings. The van der Waals surface area contributed by atoms with Gasteiger partial charge in [-0.15, -0.1) is 0 Å². The van der Waals surface area contributed by atoms with Crippen LogP contribution in [-0.2, 0) is 9.53 Å². The van der Waals surface area contributed by atoms with E-state index in [0.29, 0.717) is 49.5 Å². The zero-order valence-corrected chi connectivity index (χ0v) is 19.6. The molecule has 0 bridgehead atoms. The van der Waals surface area contributed by atoms with Crippen LogP contribution < -0.4 is 4.74 Å². The predicted molar refractivity (Wildman–Crippen MR) is 124 cm³/mol. The predicted octanol–water partition coefficient (Wildman–Crippen LogP) is 5.26. The molecule has 7 heteroatoms. The number of aliphatic hydroxyl groups is 2. The van der Waals surface area contributed by atoms with Gasteiger partial charge in [-0.2, -0.15) is 0 Å². The molecule has 0 saturated heterocycles. The first-order valence-electron chi connectivity index (χ1n) is 11.6. The number of carbonyl (C=O) groups is 1. The molecule has 2 N–H and O–H groups in total. The topological polar surface area (TPSA) is 76.0 Å². The lowest BCUT2D eigenvalue weighted by molar-refractivity contribution is -0.143. The van der Waals surface area contributed by atoms with Crippen molar-refractivity contribution in [3.8, 4) is 5.75 Å². The molecule has 0 aromatic heterocycles. The number of ether oxygens (including phenoxy) is 2. The summed E-state index contributed by atoms with van der Waals surface area (Å²) >= 11 is 5.90. The normalized spacial score (nSPS) is 24.0. The molecule has 0 aliphatic heterocycles. The number of unbranched alkanes of at least 4 members (excludes halogenated alkanes) is 1. The summed E-state index contributed by atoms with van der Waals surface area (Å²) in [6.45, 7) is 2.35. The molecular weight excluding hydrogens is 435 g/mol. The van der Waals surface area contributed by atoms with Crippen LogP contribution in [0, 0.1) is 11.8 Å². The van der Waals surface area contributed by atoms with Crippen molar-refractivity contribution in [1.82, 2.24) is 0 Å². The molecule has 0 unspecified atom stereocenters. The highest BCUT2D eigenvalue weighted by Crippen LogP contribution is 2.38. The number of allylic oxidation sites excluding steroid dienone is 2. The Kier molecular flexibility index (Phi) is 12.1. The minimum absolute atomic E-state index is 0.0724. The molecule has 0 amide bonds. The fourth-order valence-electron chi connectivity index (χ4n) is 4.13. The molecular formula is C25H36ClFO5. The summed E-state index contributed by atoms with van der Waals surface area (Å²) in [5, 5.41) is 21.2. The standard InChI is InChI=1S/C25H36ClFO5/c1-2-14-31-25(30)11-6-4-3-5-10-21-22(24(29)16-23(21)28)13-12-19(27)17-32-20-9-7-8-18(26)15-20/h3,5,7-9,15,19,21-24,28-29H,2,4,6,10-14,16-17H2,1H3/t19-,21-,22-,23+,24-/m1/s1. The van der Waals surface area contributed by atoms with E-state index in [4.69, 9.17) is 21.1 Å².